The van der Waals surface area contributed by atoms with Gasteiger partial charge in [0.05, 0.1) is 17.6 Å². The lowest BCUT2D eigenvalue weighted by molar-refractivity contribution is 0.0951. The molecule has 0 saturated carbocycles. The minimum Gasteiger partial charge on any atom is -0.382 e. The molecule has 34 heavy (non-hydrogen) atoms. The highest BCUT2D eigenvalue weighted by Gasteiger charge is 2.15. The Bertz CT molecular complexity index is 1300. The van der Waals surface area contributed by atoms with Gasteiger partial charge < -0.3 is 11.1 Å². The highest BCUT2D eigenvalue weighted by Crippen LogP contribution is 2.26. The highest BCUT2D eigenvalue weighted by molar-refractivity contribution is 5.95. The summed E-state index contributed by atoms with van der Waals surface area (Å²) in [5, 5.41) is 11.6. The number of aromatic nitrogens is 2. The Kier molecular flexibility index (Phi) is 7.03. The van der Waals surface area contributed by atoms with Gasteiger partial charge in [0.15, 0.2) is 0 Å². The molecule has 7 heteroatoms. The number of nitrogens with one attached hydrogen (secondary N) is 1. The summed E-state index contributed by atoms with van der Waals surface area (Å²) in [7, 11) is 0. The molecule has 0 spiro atoms. The van der Waals surface area contributed by atoms with Crippen molar-refractivity contribution in [1.82, 2.24) is 15.3 Å². The average molecular weight is 451 g/mol. The van der Waals surface area contributed by atoms with Crippen molar-refractivity contribution in [2.75, 3.05) is 5.73 Å². The van der Waals surface area contributed by atoms with Crippen molar-refractivity contribution in [2.24, 2.45) is 10.2 Å². The lowest BCUT2D eigenvalue weighted by Gasteiger charge is -2.11. The number of azo groups is 1. The molecule has 0 radical (unpaired) electrons. The standard InChI is InChI=1S/C27H26N6O/c1-18-11-13-23(14-12-18)33-32-19(2)25-26(28)29-17-24(31-25)21-9-6-10-22(15-21)27(34)30-16-20-7-4-3-5-8-20/h3-15,17,19H,16H2,1-2H3,(H2,28,29)(H,30,34). The first-order valence-electron chi connectivity index (χ1n) is 11.0. The first-order chi connectivity index (χ1) is 16.5. The number of carbonyl (C=O) groups excluding carboxylic acids is 1. The van der Waals surface area contributed by atoms with Crippen LogP contribution >= 0.6 is 0 Å². The normalized spacial score (nSPS) is 11.9. The van der Waals surface area contributed by atoms with E-state index in [0.29, 0.717) is 29.3 Å². The third kappa shape index (κ3) is 5.69. The molecule has 3 N–H and O–H groups in total. The van der Waals surface area contributed by atoms with Crippen LogP contribution in [0.1, 0.15) is 40.1 Å². The lowest BCUT2D eigenvalue weighted by atomic mass is 10.1. The lowest BCUT2D eigenvalue weighted by Crippen LogP contribution is -2.22. The van der Waals surface area contributed by atoms with Crippen molar-refractivity contribution in [3.63, 3.8) is 0 Å². The van der Waals surface area contributed by atoms with Gasteiger partial charge in [-0.1, -0.05) is 60.2 Å². The fraction of sp³-hybridized carbons (Fsp3) is 0.148. The molecule has 7 nitrogen and oxygen atoms in total. The van der Waals surface area contributed by atoms with Gasteiger partial charge in [-0.3, -0.25) is 4.79 Å². The number of rotatable bonds is 7. The molecule has 0 bridgehead atoms. The first kappa shape index (κ1) is 22.8. The fourth-order valence-corrected chi connectivity index (χ4v) is 3.38. The number of aryl methyl sites for hydroxylation is 1. The van der Waals surface area contributed by atoms with Crippen LogP contribution in [0.3, 0.4) is 0 Å². The number of nitrogen functional groups attached to an aromatic ring is 1. The third-order valence-electron chi connectivity index (χ3n) is 5.32. The predicted octanol–water partition coefficient (Wildman–Crippen LogP) is 5.81. The van der Waals surface area contributed by atoms with E-state index < -0.39 is 0 Å². The van der Waals surface area contributed by atoms with Gasteiger partial charge in [0, 0.05) is 17.7 Å². The van der Waals surface area contributed by atoms with Crippen molar-refractivity contribution in [3.05, 3.63) is 107 Å². The van der Waals surface area contributed by atoms with Crippen molar-refractivity contribution < 1.29 is 4.79 Å². The summed E-state index contributed by atoms with van der Waals surface area (Å²) < 4.78 is 0. The molecule has 1 aromatic heterocycles. The molecule has 1 unspecified atom stereocenters. The van der Waals surface area contributed by atoms with Crippen LogP contribution in [0.5, 0.6) is 0 Å². The van der Waals surface area contributed by atoms with Gasteiger partial charge in [-0.05, 0) is 43.7 Å². The number of benzene rings is 3. The van der Waals surface area contributed by atoms with Crippen LogP contribution in [-0.2, 0) is 6.54 Å². The molecule has 1 amide bonds. The molecular weight excluding hydrogens is 424 g/mol. The molecule has 3 aromatic carbocycles. The summed E-state index contributed by atoms with van der Waals surface area (Å²) in [6, 6.07) is 24.5. The quantitative estimate of drug-likeness (QED) is 0.347. The average Bonchev–Trinajstić information content (AvgIpc) is 2.87. The van der Waals surface area contributed by atoms with Gasteiger partial charge >= 0.3 is 0 Å². The molecule has 0 aliphatic heterocycles. The molecular formula is C27H26N6O. The number of amides is 1. The number of anilines is 1. The summed E-state index contributed by atoms with van der Waals surface area (Å²) in [5.74, 6) is 0.144. The molecule has 0 saturated heterocycles. The zero-order chi connectivity index (χ0) is 23.9. The van der Waals surface area contributed by atoms with Gasteiger partial charge in [-0.2, -0.15) is 10.2 Å². The summed E-state index contributed by atoms with van der Waals surface area (Å²) in [5.41, 5.74) is 11.5. The van der Waals surface area contributed by atoms with Crippen LogP contribution < -0.4 is 11.1 Å². The Morgan fingerprint density at radius 3 is 2.56 bits per heavy atom. The number of carbonyl (C=O) groups is 1. The number of nitrogens with two attached hydrogens (primary N) is 1. The monoisotopic (exact) mass is 450 g/mol. The summed E-state index contributed by atoms with van der Waals surface area (Å²) in [4.78, 5) is 21.7. The van der Waals surface area contributed by atoms with E-state index in [2.05, 4.69) is 25.5 Å². The molecule has 4 rings (SSSR count). The highest BCUT2D eigenvalue weighted by atomic mass is 16.1. The Hall–Kier alpha value is -4.39. The van der Waals surface area contributed by atoms with Crippen molar-refractivity contribution in [3.8, 4) is 11.3 Å². The van der Waals surface area contributed by atoms with E-state index in [4.69, 9.17) is 5.73 Å². The Balaban J connectivity index is 1.51. The third-order valence-corrected chi connectivity index (χ3v) is 5.32. The smallest absolute Gasteiger partial charge is 0.251 e. The molecule has 0 fully saturated rings. The maximum Gasteiger partial charge on any atom is 0.251 e. The van der Waals surface area contributed by atoms with Crippen LogP contribution in [0.15, 0.2) is 95.3 Å². The molecule has 170 valence electrons. The maximum absolute atomic E-state index is 12.7. The SMILES string of the molecule is Cc1ccc(N=NC(C)c2nc(-c3cccc(C(=O)NCc4ccccc4)c3)cnc2N)cc1. The zero-order valence-electron chi connectivity index (χ0n) is 19.1. The minimum atomic E-state index is -0.383. The Morgan fingerprint density at radius 1 is 1.03 bits per heavy atom. The van der Waals surface area contributed by atoms with Gasteiger partial charge in [-0.25, -0.2) is 9.97 Å². The van der Waals surface area contributed by atoms with Gasteiger partial charge in [-0.15, -0.1) is 0 Å². The number of nitrogens with zero attached hydrogens (tertiary/aromatic N) is 4. The Morgan fingerprint density at radius 2 is 1.79 bits per heavy atom. The molecule has 1 atom stereocenters. The van der Waals surface area contributed by atoms with E-state index in [1.807, 2.05) is 80.6 Å². The van der Waals surface area contributed by atoms with Gasteiger partial charge in [0.25, 0.3) is 5.91 Å². The fourth-order valence-electron chi connectivity index (χ4n) is 3.38. The number of hydrogen-bond acceptors (Lipinski definition) is 6. The van der Waals surface area contributed by atoms with Crippen LogP contribution in [-0.4, -0.2) is 15.9 Å². The van der Waals surface area contributed by atoms with Crippen LogP contribution in [0.4, 0.5) is 11.5 Å². The van der Waals surface area contributed by atoms with E-state index in [1.165, 1.54) is 0 Å². The van der Waals surface area contributed by atoms with E-state index in [1.54, 1.807) is 18.3 Å². The van der Waals surface area contributed by atoms with Crippen molar-refractivity contribution in [1.29, 1.82) is 0 Å². The van der Waals surface area contributed by atoms with Crippen molar-refractivity contribution >= 4 is 17.4 Å². The van der Waals surface area contributed by atoms with E-state index in [0.717, 1.165) is 22.4 Å². The van der Waals surface area contributed by atoms with Gasteiger partial charge in [0.1, 0.15) is 17.6 Å². The molecule has 0 aliphatic carbocycles. The summed E-state index contributed by atoms with van der Waals surface area (Å²) in [6.45, 7) is 4.35. The largest absolute Gasteiger partial charge is 0.382 e. The molecule has 0 aliphatic rings. The van der Waals surface area contributed by atoms with Gasteiger partial charge in [0.2, 0.25) is 0 Å². The first-order valence-corrected chi connectivity index (χ1v) is 11.0. The number of hydrogen-bond donors (Lipinski definition) is 2. The summed E-state index contributed by atoms with van der Waals surface area (Å²) >= 11 is 0. The van der Waals surface area contributed by atoms with E-state index in [9.17, 15) is 4.79 Å². The topological polar surface area (TPSA) is 106 Å². The second-order valence-corrected chi connectivity index (χ2v) is 8.00. The van der Waals surface area contributed by atoms with Crippen LogP contribution in [0.25, 0.3) is 11.3 Å². The second kappa shape index (κ2) is 10.5. The molecule has 1 heterocycles. The molecule has 4 aromatic rings. The second-order valence-electron chi connectivity index (χ2n) is 8.00. The van der Waals surface area contributed by atoms with Crippen molar-refractivity contribution in [2.45, 2.75) is 26.4 Å². The minimum absolute atomic E-state index is 0.158. The maximum atomic E-state index is 12.7. The van der Waals surface area contributed by atoms with E-state index in [-0.39, 0.29) is 11.9 Å². The summed E-state index contributed by atoms with van der Waals surface area (Å²) in [6.07, 6.45) is 1.60. The predicted molar refractivity (Wildman–Crippen MR) is 134 cm³/mol. The van der Waals surface area contributed by atoms with E-state index >= 15 is 0 Å². The van der Waals surface area contributed by atoms with Crippen LogP contribution in [0.2, 0.25) is 0 Å². The van der Waals surface area contributed by atoms with Crippen LogP contribution in [0, 0.1) is 6.92 Å². The zero-order valence-corrected chi connectivity index (χ0v) is 19.1. The Labute approximate surface area is 198 Å².